The third-order valence-corrected chi connectivity index (χ3v) is 11.3. The van der Waals surface area contributed by atoms with Crippen molar-refractivity contribution >= 4 is 38.7 Å². The first-order valence-electron chi connectivity index (χ1n) is 19.6. The third kappa shape index (κ3) is 5.73. The lowest BCUT2D eigenvalue weighted by molar-refractivity contribution is 0.959. The third-order valence-electron chi connectivity index (χ3n) is 11.3. The molecule has 268 valence electrons. The average molecular weight is 729 g/mol. The smallest absolute Gasteiger partial charge is 0.164 e. The van der Waals surface area contributed by atoms with Crippen molar-refractivity contribution in [1.29, 1.82) is 0 Å². The summed E-state index contributed by atoms with van der Waals surface area (Å²) >= 11 is 0. The van der Waals surface area contributed by atoms with Gasteiger partial charge < -0.3 is 4.57 Å². The number of para-hydroxylation sites is 1. The molecule has 57 heavy (non-hydrogen) atoms. The first kappa shape index (κ1) is 33.0. The Kier molecular flexibility index (Phi) is 7.92. The zero-order valence-electron chi connectivity index (χ0n) is 31.2. The summed E-state index contributed by atoms with van der Waals surface area (Å²) in [7, 11) is 0. The minimum atomic E-state index is 0.646. The number of fused-ring (bicyclic) bond motifs is 6. The molecule has 8 aromatic carbocycles. The van der Waals surface area contributed by atoms with Gasteiger partial charge in [-0.15, -0.1) is 0 Å². The van der Waals surface area contributed by atoms with Gasteiger partial charge in [-0.3, -0.25) is 0 Å². The van der Waals surface area contributed by atoms with Gasteiger partial charge in [0, 0.05) is 32.8 Å². The van der Waals surface area contributed by atoms with Crippen LogP contribution in [-0.2, 0) is 6.42 Å². The van der Waals surface area contributed by atoms with Crippen molar-refractivity contribution in [1.82, 2.24) is 19.5 Å². The van der Waals surface area contributed by atoms with Crippen molar-refractivity contribution in [3.63, 3.8) is 0 Å². The fourth-order valence-corrected chi connectivity index (χ4v) is 8.59. The molecule has 0 N–H and O–H groups in total. The second-order valence-electron chi connectivity index (χ2n) is 14.7. The topological polar surface area (TPSA) is 43.6 Å². The van der Waals surface area contributed by atoms with Gasteiger partial charge in [0.25, 0.3) is 0 Å². The Morgan fingerprint density at radius 2 is 1.04 bits per heavy atom. The normalized spacial score (nSPS) is 12.4. The standard InChI is InChI=1S/C53H36N4/c1-3-14-35(15-4-1)36-26-28-37(29-27-36)40-19-13-20-41(34-40)52-54-51(39-17-5-2-6-18-39)55-53(56-52)47-32-33-49(44-23-10-9-22-43(44)47)57-48-25-12-11-24-45(48)46-31-30-38-16-7-8-21-42(38)50(46)57/h1-9,11-22,24-34H,10,23H2. The van der Waals surface area contributed by atoms with Crippen LogP contribution in [0.2, 0.25) is 0 Å². The van der Waals surface area contributed by atoms with E-state index in [-0.39, 0.29) is 0 Å². The Bertz CT molecular complexity index is 3160. The van der Waals surface area contributed by atoms with Crippen molar-refractivity contribution < 1.29 is 0 Å². The Balaban J connectivity index is 1.08. The molecule has 10 aromatic rings. The van der Waals surface area contributed by atoms with Crippen LogP contribution in [0.3, 0.4) is 0 Å². The van der Waals surface area contributed by atoms with E-state index in [2.05, 4.69) is 174 Å². The van der Waals surface area contributed by atoms with E-state index in [0.717, 1.165) is 46.2 Å². The number of benzene rings is 8. The summed E-state index contributed by atoms with van der Waals surface area (Å²) < 4.78 is 2.49. The molecular weight excluding hydrogens is 693 g/mol. The Morgan fingerprint density at radius 3 is 1.84 bits per heavy atom. The largest absolute Gasteiger partial charge is 0.308 e. The molecule has 0 fully saturated rings. The van der Waals surface area contributed by atoms with Crippen molar-refractivity contribution in [2.24, 2.45) is 0 Å². The second-order valence-corrected chi connectivity index (χ2v) is 14.7. The maximum Gasteiger partial charge on any atom is 0.164 e. The SMILES string of the molecule is C1=Cc2c(-c3nc(-c4ccccc4)nc(-c4cccc(-c5ccc(-c6ccccc6)cc5)c4)n3)ccc(-n3c4ccccc4c4ccc5ccccc5c43)c2CC1. The second kappa shape index (κ2) is 13.7. The predicted octanol–water partition coefficient (Wildman–Crippen LogP) is 13.4. The first-order chi connectivity index (χ1) is 28.3. The molecule has 4 heteroatoms. The van der Waals surface area contributed by atoms with Crippen LogP contribution in [0.4, 0.5) is 0 Å². The van der Waals surface area contributed by atoms with Crippen LogP contribution in [0.1, 0.15) is 17.5 Å². The van der Waals surface area contributed by atoms with Crippen molar-refractivity contribution in [2.75, 3.05) is 0 Å². The molecular formula is C53H36N4. The summed E-state index contributed by atoms with van der Waals surface area (Å²) in [4.78, 5) is 15.6. The van der Waals surface area contributed by atoms with E-state index >= 15 is 0 Å². The molecule has 0 bridgehead atoms. The summed E-state index contributed by atoms with van der Waals surface area (Å²) in [6.07, 6.45) is 6.44. The Hall–Kier alpha value is -7.43. The first-order valence-corrected chi connectivity index (χ1v) is 19.6. The lowest BCUT2D eigenvalue weighted by Gasteiger charge is -2.21. The highest BCUT2D eigenvalue weighted by molar-refractivity contribution is 6.18. The molecule has 0 saturated heterocycles. The van der Waals surface area contributed by atoms with Crippen molar-refractivity contribution in [3.8, 4) is 62.1 Å². The van der Waals surface area contributed by atoms with Gasteiger partial charge in [-0.1, -0.05) is 170 Å². The number of nitrogens with zero attached hydrogens (tertiary/aromatic N) is 4. The molecule has 0 radical (unpaired) electrons. The lowest BCUT2D eigenvalue weighted by atomic mass is 9.90. The molecule has 0 unspecified atom stereocenters. The van der Waals surface area contributed by atoms with Gasteiger partial charge in [-0.05, 0) is 75.9 Å². The fourth-order valence-electron chi connectivity index (χ4n) is 8.59. The molecule has 0 aliphatic heterocycles. The molecule has 0 atom stereocenters. The lowest BCUT2D eigenvalue weighted by Crippen LogP contribution is -2.07. The highest BCUT2D eigenvalue weighted by Gasteiger charge is 2.23. The van der Waals surface area contributed by atoms with E-state index in [1.807, 2.05) is 24.3 Å². The summed E-state index contributed by atoms with van der Waals surface area (Å²) in [5.41, 5.74) is 13.7. The van der Waals surface area contributed by atoms with Crippen LogP contribution < -0.4 is 0 Å². The maximum atomic E-state index is 5.27. The minimum Gasteiger partial charge on any atom is -0.308 e. The molecule has 2 heterocycles. The number of aromatic nitrogens is 4. The van der Waals surface area contributed by atoms with Gasteiger partial charge in [0.15, 0.2) is 17.5 Å². The highest BCUT2D eigenvalue weighted by atomic mass is 15.0. The van der Waals surface area contributed by atoms with Crippen LogP contribution in [0, 0.1) is 0 Å². The van der Waals surface area contributed by atoms with E-state index in [4.69, 9.17) is 15.0 Å². The number of rotatable bonds is 6. The van der Waals surface area contributed by atoms with E-state index in [9.17, 15) is 0 Å². The highest BCUT2D eigenvalue weighted by Crippen LogP contribution is 2.41. The zero-order chi connectivity index (χ0) is 37.7. The maximum absolute atomic E-state index is 5.27. The molecule has 1 aliphatic rings. The number of hydrogen-bond acceptors (Lipinski definition) is 3. The Labute approximate surface area is 331 Å². The van der Waals surface area contributed by atoms with Crippen LogP contribution >= 0.6 is 0 Å². The van der Waals surface area contributed by atoms with E-state index < -0.39 is 0 Å². The van der Waals surface area contributed by atoms with Crippen LogP contribution in [-0.4, -0.2) is 19.5 Å². The van der Waals surface area contributed by atoms with Gasteiger partial charge in [0.2, 0.25) is 0 Å². The molecule has 0 spiro atoms. The van der Waals surface area contributed by atoms with Gasteiger partial charge in [-0.2, -0.15) is 0 Å². The fraction of sp³-hybridized carbons (Fsp3) is 0.0377. The average Bonchev–Trinajstić information content (AvgIpc) is 3.64. The minimum absolute atomic E-state index is 0.646. The number of hydrogen-bond donors (Lipinski definition) is 0. The van der Waals surface area contributed by atoms with Gasteiger partial charge in [0.05, 0.1) is 16.7 Å². The van der Waals surface area contributed by atoms with Crippen molar-refractivity contribution in [2.45, 2.75) is 12.8 Å². The molecule has 11 rings (SSSR count). The van der Waals surface area contributed by atoms with Crippen LogP contribution in [0.25, 0.3) is 101 Å². The summed E-state index contributed by atoms with van der Waals surface area (Å²) in [6.45, 7) is 0. The molecule has 0 saturated carbocycles. The van der Waals surface area contributed by atoms with Gasteiger partial charge in [-0.25, -0.2) is 15.0 Å². The predicted molar refractivity (Wildman–Crippen MR) is 236 cm³/mol. The zero-order valence-corrected chi connectivity index (χ0v) is 31.2. The quantitative estimate of drug-likeness (QED) is 0.171. The molecule has 4 nitrogen and oxygen atoms in total. The summed E-state index contributed by atoms with van der Waals surface area (Å²) in [6, 6.07) is 64.5. The van der Waals surface area contributed by atoms with Crippen LogP contribution in [0.15, 0.2) is 188 Å². The molecule has 2 aromatic heterocycles. The molecule has 0 amide bonds. The number of allylic oxidation sites excluding steroid dienone is 1. The van der Waals surface area contributed by atoms with E-state index in [0.29, 0.717) is 17.5 Å². The summed E-state index contributed by atoms with van der Waals surface area (Å²) in [5.74, 6) is 1.96. The van der Waals surface area contributed by atoms with Crippen molar-refractivity contribution in [3.05, 3.63) is 199 Å². The molecule has 1 aliphatic carbocycles. The van der Waals surface area contributed by atoms with Crippen LogP contribution in [0.5, 0.6) is 0 Å². The van der Waals surface area contributed by atoms with Gasteiger partial charge >= 0.3 is 0 Å². The van der Waals surface area contributed by atoms with E-state index in [1.54, 1.807) is 0 Å². The van der Waals surface area contributed by atoms with E-state index in [1.165, 1.54) is 55.0 Å². The van der Waals surface area contributed by atoms with Gasteiger partial charge in [0.1, 0.15) is 0 Å². The Morgan fingerprint density at radius 1 is 0.421 bits per heavy atom. The monoisotopic (exact) mass is 728 g/mol. The summed E-state index contributed by atoms with van der Waals surface area (Å²) in [5, 5.41) is 5.00.